The fourth-order valence-electron chi connectivity index (χ4n) is 3.23. The van der Waals surface area contributed by atoms with Crippen LogP contribution in [0.4, 0.5) is 0 Å². The molecule has 0 radical (unpaired) electrons. The van der Waals surface area contributed by atoms with Gasteiger partial charge in [-0.2, -0.15) is 0 Å². The first kappa shape index (κ1) is 13.7. The fourth-order valence-corrected chi connectivity index (χ4v) is 3.36. The lowest BCUT2D eigenvalue weighted by Crippen LogP contribution is -3.17. The minimum Gasteiger partial charge on any atom is -0.484 e. The Hall–Kier alpha value is -1.26. The third-order valence-electron chi connectivity index (χ3n) is 4.34. The molecule has 108 valence electrons. The summed E-state index contributed by atoms with van der Waals surface area (Å²) < 4.78 is 5.47. The van der Waals surface area contributed by atoms with Crippen molar-refractivity contribution in [2.75, 3.05) is 26.2 Å². The van der Waals surface area contributed by atoms with Crippen LogP contribution in [0.1, 0.15) is 12.8 Å². The number of halogens is 1. The molecule has 3 aliphatic rings. The van der Waals surface area contributed by atoms with Crippen LogP contribution >= 0.6 is 11.6 Å². The molecule has 1 atom stereocenters. The molecule has 0 saturated carbocycles. The number of hydrogen-bond acceptors (Lipinski definition) is 2. The van der Waals surface area contributed by atoms with Gasteiger partial charge in [-0.25, -0.2) is 0 Å². The number of carbonyl (C=O) groups excluding carboxylic acids is 1. The smallest absolute Gasteiger partial charge is 0.258 e. The van der Waals surface area contributed by atoms with E-state index in [4.69, 9.17) is 16.3 Å². The number of carbonyl (C=O) groups is 1. The highest BCUT2D eigenvalue weighted by Crippen LogP contribution is 2.18. The second-order valence-electron chi connectivity index (χ2n) is 5.71. The third-order valence-corrected chi connectivity index (χ3v) is 4.60. The zero-order valence-electron chi connectivity index (χ0n) is 11.4. The fraction of sp³-hybridized carbons (Fsp3) is 0.533. The van der Waals surface area contributed by atoms with E-state index in [2.05, 4.69) is 5.32 Å². The summed E-state index contributed by atoms with van der Waals surface area (Å²) in [5.74, 6) is 1.30. The van der Waals surface area contributed by atoms with E-state index >= 15 is 0 Å². The van der Waals surface area contributed by atoms with Crippen molar-refractivity contribution in [3.8, 4) is 5.75 Å². The molecule has 2 bridgehead atoms. The molecule has 1 amide bonds. The molecule has 0 spiro atoms. The molecule has 4 nitrogen and oxygen atoms in total. The van der Waals surface area contributed by atoms with E-state index in [0.29, 0.717) is 22.7 Å². The van der Waals surface area contributed by atoms with Gasteiger partial charge in [0.15, 0.2) is 6.61 Å². The predicted molar refractivity (Wildman–Crippen MR) is 77.2 cm³/mol. The first-order valence-corrected chi connectivity index (χ1v) is 7.60. The van der Waals surface area contributed by atoms with Gasteiger partial charge in [-0.3, -0.25) is 4.79 Å². The molecular weight excluding hydrogens is 276 g/mol. The highest BCUT2D eigenvalue weighted by molar-refractivity contribution is 6.30. The van der Waals surface area contributed by atoms with Crippen LogP contribution in [-0.2, 0) is 4.79 Å². The lowest BCUT2D eigenvalue weighted by molar-refractivity contribution is -0.917. The van der Waals surface area contributed by atoms with Crippen molar-refractivity contribution in [3.05, 3.63) is 29.3 Å². The number of benzene rings is 1. The molecule has 3 saturated heterocycles. The largest absolute Gasteiger partial charge is 0.484 e. The van der Waals surface area contributed by atoms with E-state index in [1.54, 1.807) is 29.2 Å². The summed E-state index contributed by atoms with van der Waals surface area (Å²) in [5, 5.41) is 3.79. The maximum absolute atomic E-state index is 12.0. The lowest BCUT2D eigenvalue weighted by atomic mass is 9.84. The average Bonchev–Trinajstić information content (AvgIpc) is 2.48. The molecule has 0 aromatic heterocycles. The Labute approximate surface area is 124 Å². The number of nitrogens with one attached hydrogen (secondary N) is 2. The van der Waals surface area contributed by atoms with Crippen LogP contribution in [-0.4, -0.2) is 38.2 Å². The Balaban J connectivity index is 1.46. The Morgan fingerprint density at radius 1 is 1.30 bits per heavy atom. The standard InChI is InChI=1S/C15H19ClN2O2/c16-12-1-3-13(4-2-12)20-10-15(19)17-14-9-18-7-5-11(14)6-8-18/h1-4,11,14H,5-10H2,(H,17,19)/p+1/t14-/m1/s1. The van der Waals surface area contributed by atoms with Crippen LogP contribution < -0.4 is 15.0 Å². The van der Waals surface area contributed by atoms with E-state index in [0.717, 1.165) is 6.54 Å². The topological polar surface area (TPSA) is 42.8 Å². The molecule has 1 aromatic rings. The van der Waals surface area contributed by atoms with Gasteiger partial charge in [0.25, 0.3) is 5.91 Å². The molecule has 3 aliphatic heterocycles. The minimum atomic E-state index is -0.0295. The average molecular weight is 296 g/mol. The molecule has 1 aromatic carbocycles. The molecule has 20 heavy (non-hydrogen) atoms. The lowest BCUT2D eigenvalue weighted by Gasteiger charge is -2.42. The summed E-state index contributed by atoms with van der Waals surface area (Å²) in [5.41, 5.74) is 0. The Morgan fingerprint density at radius 3 is 2.60 bits per heavy atom. The summed E-state index contributed by atoms with van der Waals surface area (Å²) in [6, 6.07) is 7.38. The minimum absolute atomic E-state index is 0.0295. The van der Waals surface area contributed by atoms with Gasteiger partial charge in [0.1, 0.15) is 5.75 Å². The van der Waals surface area contributed by atoms with Gasteiger partial charge >= 0.3 is 0 Å². The molecule has 2 N–H and O–H groups in total. The number of hydrogen-bond donors (Lipinski definition) is 2. The number of piperidine rings is 3. The maximum atomic E-state index is 12.0. The summed E-state index contributed by atoms with van der Waals surface area (Å²) in [7, 11) is 0. The van der Waals surface area contributed by atoms with Crippen molar-refractivity contribution < 1.29 is 14.4 Å². The van der Waals surface area contributed by atoms with Crippen LogP contribution in [0.25, 0.3) is 0 Å². The van der Waals surface area contributed by atoms with E-state index in [9.17, 15) is 4.79 Å². The van der Waals surface area contributed by atoms with Gasteiger partial charge in [-0.15, -0.1) is 0 Å². The van der Waals surface area contributed by atoms with Crippen molar-refractivity contribution in [1.82, 2.24) is 5.32 Å². The van der Waals surface area contributed by atoms with Crippen LogP contribution in [0.5, 0.6) is 5.75 Å². The van der Waals surface area contributed by atoms with Gasteiger partial charge in [0.2, 0.25) is 0 Å². The molecule has 0 unspecified atom stereocenters. The second kappa shape index (κ2) is 6.02. The van der Waals surface area contributed by atoms with Gasteiger partial charge in [0.05, 0.1) is 25.7 Å². The van der Waals surface area contributed by atoms with Crippen LogP contribution in [0.2, 0.25) is 5.02 Å². The monoisotopic (exact) mass is 295 g/mol. The van der Waals surface area contributed by atoms with Gasteiger partial charge in [-0.1, -0.05) is 11.6 Å². The van der Waals surface area contributed by atoms with Crippen molar-refractivity contribution in [3.63, 3.8) is 0 Å². The SMILES string of the molecule is O=C(COc1ccc(Cl)cc1)N[C@@H]1C[NH+]2CCC1CC2. The predicted octanol–water partition coefficient (Wildman–Crippen LogP) is 0.512. The molecular formula is C15H20ClN2O2+. The molecule has 5 heteroatoms. The highest BCUT2D eigenvalue weighted by Gasteiger charge is 2.37. The zero-order chi connectivity index (χ0) is 13.9. The van der Waals surface area contributed by atoms with Crippen molar-refractivity contribution in [2.45, 2.75) is 18.9 Å². The van der Waals surface area contributed by atoms with Gasteiger partial charge in [0, 0.05) is 17.9 Å². The maximum Gasteiger partial charge on any atom is 0.258 e. The highest BCUT2D eigenvalue weighted by atomic mass is 35.5. The Kier molecular flexibility index (Phi) is 4.13. The number of quaternary nitrogens is 1. The van der Waals surface area contributed by atoms with E-state index < -0.39 is 0 Å². The molecule has 3 fully saturated rings. The van der Waals surface area contributed by atoms with Crippen molar-refractivity contribution in [1.29, 1.82) is 0 Å². The Bertz CT molecular complexity index is 469. The number of rotatable bonds is 4. The summed E-state index contributed by atoms with van der Waals surface area (Å²) in [6.07, 6.45) is 2.47. The number of fused-ring (bicyclic) bond motifs is 3. The van der Waals surface area contributed by atoms with Gasteiger partial charge in [-0.05, 0) is 30.2 Å². The third kappa shape index (κ3) is 3.25. The number of ether oxygens (including phenoxy) is 1. The van der Waals surface area contributed by atoms with Crippen LogP contribution in [0.15, 0.2) is 24.3 Å². The molecule has 3 heterocycles. The van der Waals surface area contributed by atoms with Crippen LogP contribution in [0, 0.1) is 5.92 Å². The van der Waals surface area contributed by atoms with E-state index in [1.807, 2.05) is 0 Å². The van der Waals surface area contributed by atoms with Crippen molar-refractivity contribution >= 4 is 17.5 Å². The summed E-state index contributed by atoms with van der Waals surface area (Å²) in [4.78, 5) is 13.6. The van der Waals surface area contributed by atoms with E-state index in [-0.39, 0.29) is 12.5 Å². The van der Waals surface area contributed by atoms with Gasteiger partial charge < -0.3 is 15.0 Å². The zero-order valence-corrected chi connectivity index (χ0v) is 12.2. The van der Waals surface area contributed by atoms with Crippen molar-refractivity contribution in [2.24, 2.45) is 5.92 Å². The van der Waals surface area contributed by atoms with E-state index in [1.165, 1.54) is 25.9 Å². The normalized spacial score (nSPS) is 28.1. The summed E-state index contributed by atoms with van der Waals surface area (Å²) in [6.45, 7) is 3.66. The molecule has 4 rings (SSSR count). The summed E-state index contributed by atoms with van der Waals surface area (Å²) >= 11 is 5.80. The molecule has 0 aliphatic carbocycles. The quantitative estimate of drug-likeness (QED) is 0.850. The second-order valence-corrected chi connectivity index (χ2v) is 6.14. The number of amides is 1. The Morgan fingerprint density at radius 2 is 2.00 bits per heavy atom. The first-order chi connectivity index (χ1) is 9.70. The first-order valence-electron chi connectivity index (χ1n) is 7.22. The van der Waals surface area contributed by atoms with Crippen LogP contribution in [0.3, 0.4) is 0 Å².